The maximum absolute atomic E-state index is 12.1. The van der Waals surface area contributed by atoms with E-state index in [4.69, 9.17) is 5.26 Å². The van der Waals surface area contributed by atoms with Crippen molar-refractivity contribution in [2.75, 3.05) is 18.4 Å². The Bertz CT molecular complexity index is 504. The number of nitrogens with zero attached hydrogens (tertiary/aromatic N) is 1. The second-order valence-electron chi connectivity index (χ2n) is 4.87. The lowest BCUT2D eigenvalue weighted by atomic mass is 9.97. The lowest BCUT2D eigenvalue weighted by Crippen LogP contribution is -2.28. The summed E-state index contributed by atoms with van der Waals surface area (Å²) in [6.45, 7) is 5.61. The summed E-state index contributed by atoms with van der Waals surface area (Å²) in [7, 11) is 0. The highest BCUT2D eigenvalue weighted by Gasteiger charge is 2.29. The monoisotopic (exact) mass is 243 g/mol. The number of nitrogens with one attached hydrogen (secondary N) is 2. The fraction of sp³-hybridized carbons (Fsp3) is 0.429. The van der Waals surface area contributed by atoms with Crippen LogP contribution in [0.25, 0.3) is 0 Å². The number of benzene rings is 1. The van der Waals surface area contributed by atoms with E-state index in [1.807, 2.05) is 13.0 Å². The van der Waals surface area contributed by atoms with Gasteiger partial charge in [-0.05, 0) is 37.1 Å². The molecule has 1 aliphatic heterocycles. The lowest BCUT2D eigenvalue weighted by molar-refractivity contribution is -0.120. The minimum absolute atomic E-state index is 0.00939. The van der Waals surface area contributed by atoms with Gasteiger partial charge < -0.3 is 10.6 Å². The van der Waals surface area contributed by atoms with Gasteiger partial charge in [-0.1, -0.05) is 13.0 Å². The van der Waals surface area contributed by atoms with Crippen molar-refractivity contribution >= 4 is 11.6 Å². The smallest absolute Gasteiger partial charge is 0.229 e. The number of hydrogen-bond donors (Lipinski definition) is 2. The predicted octanol–water partition coefficient (Wildman–Crippen LogP) is 1.66. The van der Waals surface area contributed by atoms with Crippen molar-refractivity contribution in [3.05, 3.63) is 29.3 Å². The van der Waals surface area contributed by atoms with E-state index in [9.17, 15) is 4.79 Å². The first-order valence-electron chi connectivity index (χ1n) is 6.14. The number of amides is 1. The van der Waals surface area contributed by atoms with E-state index in [0.717, 1.165) is 24.3 Å². The van der Waals surface area contributed by atoms with E-state index in [1.165, 1.54) is 0 Å². The Morgan fingerprint density at radius 1 is 1.50 bits per heavy atom. The molecule has 18 heavy (non-hydrogen) atoms. The molecule has 0 spiro atoms. The molecule has 1 aromatic rings. The SMILES string of the molecule is Cc1ccc(C#N)cc1NC(=O)C1CNCC1C. The molecule has 4 nitrogen and oxygen atoms in total. The molecule has 0 aromatic heterocycles. The highest BCUT2D eigenvalue weighted by atomic mass is 16.1. The summed E-state index contributed by atoms with van der Waals surface area (Å²) in [5, 5.41) is 15.0. The van der Waals surface area contributed by atoms with Gasteiger partial charge in [-0.3, -0.25) is 4.79 Å². The van der Waals surface area contributed by atoms with Gasteiger partial charge in [0.25, 0.3) is 0 Å². The van der Waals surface area contributed by atoms with Crippen molar-refractivity contribution in [3.8, 4) is 6.07 Å². The van der Waals surface area contributed by atoms with Gasteiger partial charge in [0, 0.05) is 12.2 Å². The molecule has 1 aliphatic rings. The highest BCUT2D eigenvalue weighted by molar-refractivity contribution is 5.94. The topological polar surface area (TPSA) is 64.9 Å². The summed E-state index contributed by atoms with van der Waals surface area (Å²) in [6, 6.07) is 7.41. The molecule has 1 saturated heterocycles. The van der Waals surface area contributed by atoms with Crippen molar-refractivity contribution in [3.63, 3.8) is 0 Å². The van der Waals surface area contributed by atoms with Gasteiger partial charge in [-0.2, -0.15) is 5.26 Å². The first-order valence-corrected chi connectivity index (χ1v) is 6.14. The molecule has 0 radical (unpaired) electrons. The van der Waals surface area contributed by atoms with E-state index in [2.05, 4.69) is 23.6 Å². The number of rotatable bonds is 2. The van der Waals surface area contributed by atoms with Gasteiger partial charge in [0.15, 0.2) is 0 Å². The highest BCUT2D eigenvalue weighted by Crippen LogP contribution is 2.21. The Labute approximate surface area is 107 Å². The average Bonchev–Trinajstić information content (AvgIpc) is 2.78. The lowest BCUT2D eigenvalue weighted by Gasteiger charge is -2.15. The van der Waals surface area contributed by atoms with Crippen LogP contribution in [0.1, 0.15) is 18.1 Å². The number of carbonyl (C=O) groups is 1. The molecule has 2 N–H and O–H groups in total. The van der Waals surface area contributed by atoms with Crippen molar-refractivity contribution in [2.24, 2.45) is 11.8 Å². The van der Waals surface area contributed by atoms with Crippen LogP contribution >= 0.6 is 0 Å². The van der Waals surface area contributed by atoms with E-state index in [0.29, 0.717) is 11.5 Å². The van der Waals surface area contributed by atoms with Crippen LogP contribution in [0.3, 0.4) is 0 Å². The number of hydrogen-bond acceptors (Lipinski definition) is 3. The van der Waals surface area contributed by atoms with Crippen LogP contribution in [-0.4, -0.2) is 19.0 Å². The van der Waals surface area contributed by atoms with E-state index in [-0.39, 0.29) is 11.8 Å². The Hall–Kier alpha value is -1.86. The molecule has 2 unspecified atom stereocenters. The normalized spacial score (nSPS) is 22.5. The van der Waals surface area contributed by atoms with E-state index >= 15 is 0 Å². The van der Waals surface area contributed by atoms with Crippen LogP contribution in [0.15, 0.2) is 18.2 Å². The van der Waals surface area contributed by atoms with E-state index < -0.39 is 0 Å². The maximum atomic E-state index is 12.1. The molecule has 0 saturated carbocycles. The van der Waals surface area contributed by atoms with Gasteiger partial charge in [0.05, 0.1) is 17.6 Å². The van der Waals surface area contributed by atoms with Gasteiger partial charge in [0.2, 0.25) is 5.91 Å². The third-order valence-corrected chi connectivity index (χ3v) is 3.48. The molecule has 0 aliphatic carbocycles. The molecular weight excluding hydrogens is 226 g/mol. The van der Waals surface area contributed by atoms with Gasteiger partial charge in [-0.15, -0.1) is 0 Å². The third kappa shape index (κ3) is 2.52. The number of aryl methyl sites for hydroxylation is 1. The van der Waals surface area contributed by atoms with Gasteiger partial charge in [0.1, 0.15) is 0 Å². The molecule has 0 bridgehead atoms. The van der Waals surface area contributed by atoms with Crippen molar-refractivity contribution in [2.45, 2.75) is 13.8 Å². The summed E-state index contributed by atoms with van der Waals surface area (Å²) in [5.74, 6) is 0.394. The van der Waals surface area contributed by atoms with Crippen LogP contribution in [0, 0.1) is 30.1 Å². The minimum Gasteiger partial charge on any atom is -0.326 e. The zero-order valence-corrected chi connectivity index (χ0v) is 10.7. The molecule has 1 heterocycles. The van der Waals surface area contributed by atoms with Crippen molar-refractivity contribution < 1.29 is 4.79 Å². The maximum Gasteiger partial charge on any atom is 0.229 e. The first kappa shape index (κ1) is 12.6. The van der Waals surface area contributed by atoms with Gasteiger partial charge in [-0.25, -0.2) is 0 Å². The molecule has 2 atom stereocenters. The van der Waals surface area contributed by atoms with Crippen LogP contribution in [0.5, 0.6) is 0 Å². The Balaban J connectivity index is 2.14. The predicted molar refractivity (Wildman–Crippen MR) is 70.0 cm³/mol. The number of carbonyl (C=O) groups excluding carboxylic acids is 1. The summed E-state index contributed by atoms with van der Waals surface area (Å²) in [5.41, 5.74) is 2.27. The Morgan fingerprint density at radius 3 is 2.89 bits per heavy atom. The fourth-order valence-corrected chi connectivity index (χ4v) is 2.21. The largest absolute Gasteiger partial charge is 0.326 e. The minimum atomic E-state index is 0.00939. The number of nitriles is 1. The van der Waals surface area contributed by atoms with Crippen LogP contribution in [0.4, 0.5) is 5.69 Å². The van der Waals surface area contributed by atoms with Crippen molar-refractivity contribution in [1.29, 1.82) is 5.26 Å². The van der Waals surface area contributed by atoms with Crippen LogP contribution in [0.2, 0.25) is 0 Å². The van der Waals surface area contributed by atoms with Crippen LogP contribution < -0.4 is 10.6 Å². The zero-order valence-electron chi connectivity index (χ0n) is 10.7. The molecule has 1 amide bonds. The number of anilines is 1. The van der Waals surface area contributed by atoms with Gasteiger partial charge >= 0.3 is 0 Å². The average molecular weight is 243 g/mol. The second-order valence-corrected chi connectivity index (χ2v) is 4.87. The molecule has 4 heteroatoms. The quantitative estimate of drug-likeness (QED) is 0.830. The summed E-state index contributed by atoms with van der Waals surface area (Å²) in [4.78, 5) is 12.1. The Morgan fingerprint density at radius 2 is 2.28 bits per heavy atom. The molecular formula is C14H17N3O. The Kier molecular flexibility index (Phi) is 3.63. The molecule has 94 valence electrons. The summed E-state index contributed by atoms with van der Waals surface area (Å²) < 4.78 is 0. The molecule has 1 aromatic carbocycles. The fourth-order valence-electron chi connectivity index (χ4n) is 2.21. The molecule has 1 fully saturated rings. The first-order chi connectivity index (χ1) is 8.61. The summed E-state index contributed by atoms with van der Waals surface area (Å²) >= 11 is 0. The molecule has 2 rings (SSSR count). The van der Waals surface area contributed by atoms with Crippen molar-refractivity contribution in [1.82, 2.24) is 5.32 Å². The van der Waals surface area contributed by atoms with E-state index in [1.54, 1.807) is 12.1 Å². The third-order valence-electron chi connectivity index (χ3n) is 3.48. The zero-order chi connectivity index (χ0) is 13.1. The summed E-state index contributed by atoms with van der Waals surface area (Å²) in [6.07, 6.45) is 0. The second kappa shape index (κ2) is 5.19. The van der Waals surface area contributed by atoms with Crippen LogP contribution in [-0.2, 0) is 4.79 Å². The standard InChI is InChI=1S/C14H17N3O/c1-9-3-4-11(6-15)5-13(9)17-14(18)12-8-16-7-10(12)2/h3-5,10,12,16H,7-8H2,1-2H3,(H,17,18).